The second-order valence-corrected chi connectivity index (χ2v) is 6.64. The largest absolute Gasteiger partial charge is 0.480 e. The average molecular weight is 327 g/mol. The molecule has 5 heteroatoms. The highest BCUT2D eigenvalue weighted by atomic mass is 16.4. The Balaban J connectivity index is 1.94. The van der Waals surface area contributed by atoms with Crippen molar-refractivity contribution in [2.75, 3.05) is 13.1 Å². The highest BCUT2D eigenvalue weighted by molar-refractivity contribution is 5.71. The van der Waals surface area contributed by atoms with Gasteiger partial charge in [-0.25, -0.2) is 0 Å². The van der Waals surface area contributed by atoms with Gasteiger partial charge in [-0.15, -0.1) is 0 Å². The van der Waals surface area contributed by atoms with Crippen LogP contribution in [0.4, 0.5) is 0 Å². The number of carboxylic acids is 1. The van der Waals surface area contributed by atoms with Crippen molar-refractivity contribution in [2.24, 2.45) is 0 Å². The number of carbonyl (C=O) groups is 1. The molecule has 5 nitrogen and oxygen atoms in total. The monoisotopic (exact) mass is 327 g/mol. The van der Waals surface area contributed by atoms with Gasteiger partial charge in [0.25, 0.3) is 0 Å². The fourth-order valence-corrected chi connectivity index (χ4v) is 3.69. The number of hydrogen-bond donors (Lipinski definition) is 1. The van der Waals surface area contributed by atoms with Crippen molar-refractivity contribution < 1.29 is 9.90 Å². The van der Waals surface area contributed by atoms with Gasteiger partial charge in [0.05, 0.1) is 5.69 Å². The SMILES string of the molecule is Cc1nn(CC(=O)O)c(C)c1-c1cccc([C@@H](C)N2CCCC2)c1. The Kier molecular flexibility index (Phi) is 4.71. The lowest BCUT2D eigenvalue weighted by molar-refractivity contribution is -0.137. The van der Waals surface area contributed by atoms with Gasteiger partial charge in [0.1, 0.15) is 6.54 Å². The smallest absolute Gasteiger partial charge is 0.325 e. The summed E-state index contributed by atoms with van der Waals surface area (Å²) < 4.78 is 1.57. The van der Waals surface area contributed by atoms with E-state index in [-0.39, 0.29) is 6.54 Å². The summed E-state index contributed by atoms with van der Waals surface area (Å²) in [6.07, 6.45) is 2.56. The lowest BCUT2D eigenvalue weighted by Crippen LogP contribution is -2.23. The molecular weight excluding hydrogens is 302 g/mol. The van der Waals surface area contributed by atoms with Gasteiger partial charge >= 0.3 is 5.97 Å². The van der Waals surface area contributed by atoms with Gasteiger partial charge in [0, 0.05) is 17.3 Å². The number of aryl methyl sites for hydroxylation is 1. The van der Waals surface area contributed by atoms with E-state index in [0.29, 0.717) is 6.04 Å². The molecule has 1 fully saturated rings. The fraction of sp³-hybridized carbons (Fsp3) is 0.474. The van der Waals surface area contributed by atoms with E-state index < -0.39 is 5.97 Å². The molecule has 2 aromatic rings. The molecule has 0 amide bonds. The molecule has 1 N–H and O–H groups in total. The molecule has 0 radical (unpaired) electrons. The van der Waals surface area contributed by atoms with Crippen molar-refractivity contribution in [1.82, 2.24) is 14.7 Å². The lowest BCUT2D eigenvalue weighted by atomic mass is 9.98. The molecule has 0 unspecified atom stereocenters. The number of rotatable bonds is 5. The zero-order valence-electron chi connectivity index (χ0n) is 14.6. The quantitative estimate of drug-likeness (QED) is 0.914. The highest BCUT2D eigenvalue weighted by Gasteiger charge is 2.21. The third-order valence-corrected chi connectivity index (χ3v) is 5.01. The van der Waals surface area contributed by atoms with Crippen LogP contribution in [0.15, 0.2) is 24.3 Å². The number of benzene rings is 1. The predicted molar refractivity (Wildman–Crippen MR) is 94.0 cm³/mol. The Hall–Kier alpha value is -2.14. The van der Waals surface area contributed by atoms with Gasteiger partial charge in [-0.2, -0.15) is 5.10 Å². The van der Waals surface area contributed by atoms with Crippen molar-refractivity contribution in [3.63, 3.8) is 0 Å². The summed E-state index contributed by atoms with van der Waals surface area (Å²) in [5.74, 6) is -0.872. The topological polar surface area (TPSA) is 58.4 Å². The summed E-state index contributed by atoms with van der Waals surface area (Å²) in [5.41, 5.74) is 5.25. The van der Waals surface area contributed by atoms with E-state index in [9.17, 15) is 4.79 Å². The number of carboxylic acid groups (broad SMARTS) is 1. The summed E-state index contributed by atoms with van der Waals surface area (Å²) in [7, 11) is 0. The van der Waals surface area contributed by atoms with Gasteiger partial charge in [-0.05, 0) is 63.9 Å². The van der Waals surface area contributed by atoms with Crippen LogP contribution in [0.5, 0.6) is 0 Å². The molecule has 1 atom stereocenters. The van der Waals surface area contributed by atoms with E-state index in [1.165, 1.54) is 31.5 Å². The van der Waals surface area contributed by atoms with E-state index >= 15 is 0 Å². The van der Waals surface area contributed by atoms with Crippen LogP contribution in [-0.4, -0.2) is 38.8 Å². The molecule has 1 aliphatic rings. The van der Waals surface area contributed by atoms with Crippen molar-refractivity contribution in [2.45, 2.75) is 46.2 Å². The van der Waals surface area contributed by atoms with Crippen LogP contribution in [0, 0.1) is 13.8 Å². The number of hydrogen-bond acceptors (Lipinski definition) is 3. The van der Waals surface area contributed by atoms with Crippen molar-refractivity contribution in [3.05, 3.63) is 41.2 Å². The van der Waals surface area contributed by atoms with Gasteiger partial charge in [0.15, 0.2) is 0 Å². The summed E-state index contributed by atoms with van der Waals surface area (Å²) in [4.78, 5) is 13.5. The molecule has 1 saturated heterocycles. The first kappa shape index (κ1) is 16.7. The van der Waals surface area contributed by atoms with Gasteiger partial charge < -0.3 is 5.11 Å². The molecule has 0 bridgehead atoms. The van der Waals surface area contributed by atoms with Crippen LogP contribution in [-0.2, 0) is 11.3 Å². The Labute approximate surface area is 142 Å². The molecule has 0 spiro atoms. The Bertz CT molecular complexity index is 745. The molecule has 3 rings (SSSR count). The molecule has 0 aliphatic carbocycles. The average Bonchev–Trinajstić information content (AvgIpc) is 3.16. The summed E-state index contributed by atoms with van der Waals surface area (Å²) >= 11 is 0. The van der Waals surface area contributed by atoms with Gasteiger partial charge in [-0.1, -0.05) is 18.2 Å². The van der Waals surface area contributed by atoms with Crippen LogP contribution in [0.1, 0.15) is 42.8 Å². The first-order valence-electron chi connectivity index (χ1n) is 8.57. The summed E-state index contributed by atoms with van der Waals surface area (Å²) in [5, 5.41) is 13.4. The Morgan fingerprint density at radius 3 is 2.67 bits per heavy atom. The third-order valence-electron chi connectivity index (χ3n) is 5.01. The maximum Gasteiger partial charge on any atom is 0.325 e. The first-order valence-corrected chi connectivity index (χ1v) is 8.57. The van der Waals surface area contributed by atoms with Crippen molar-refractivity contribution in [3.8, 4) is 11.1 Å². The Morgan fingerprint density at radius 1 is 1.29 bits per heavy atom. The molecule has 0 saturated carbocycles. The van der Waals surface area contributed by atoms with Crippen LogP contribution >= 0.6 is 0 Å². The maximum atomic E-state index is 11.0. The standard InChI is InChI=1S/C19H25N3O2/c1-13-19(15(3)22(20-13)12-18(23)24)17-8-6-7-16(11-17)14(2)21-9-4-5-10-21/h6-8,11,14H,4-5,9-10,12H2,1-3H3,(H,23,24)/t14-/m1/s1. The number of aliphatic carboxylic acids is 1. The van der Waals surface area contributed by atoms with Gasteiger partial charge in [-0.3, -0.25) is 14.4 Å². The second kappa shape index (κ2) is 6.77. The molecule has 128 valence electrons. The van der Waals surface area contributed by atoms with Crippen LogP contribution in [0.3, 0.4) is 0 Å². The highest BCUT2D eigenvalue weighted by Crippen LogP contribution is 2.31. The predicted octanol–water partition coefficient (Wildman–Crippen LogP) is 3.41. The van der Waals surface area contributed by atoms with E-state index in [2.05, 4.69) is 41.2 Å². The molecule has 1 aromatic carbocycles. The number of likely N-dealkylation sites (tertiary alicyclic amines) is 1. The minimum Gasteiger partial charge on any atom is -0.480 e. The number of nitrogens with zero attached hydrogens (tertiary/aromatic N) is 3. The Morgan fingerprint density at radius 2 is 2.00 bits per heavy atom. The molecule has 1 aliphatic heterocycles. The fourth-order valence-electron chi connectivity index (χ4n) is 3.69. The van der Waals surface area contributed by atoms with Crippen LogP contribution < -0.4 is 0 Å². The van der Waals surface area contributed by atoms with E-state index in [4.69, 9.17) is 5.11 Å². The normalized spacial score (nSPS) is 16.5. The third kappa shape index (κ3) is 3.22. The molecule has 24 heavy (non-hydrogen) atoms. The lowest BCUT2D eigenvalue weighted by Gasteiger charge is -2.24. The minimum absolute atomic E-state index is 0.101. The van der Waals surface area contributed by atoms with Crippen molar-refractivity contribution in [1.29, 1.82) is 0 Å². The van der Waals surface area contributed by atoms with Crippen LogP contribution in [0.25, 0.3) is 11.1 Å². The molecule has 1 aromatic heterocycles. The number of aromatic nitrogens is 2. The zero-order chi connectivity index (χ0) is 17.3. The minimum atomic E-state index is -0.872. The second-order valence-electron chi connectivity index (χ2n) is 6.64. The molecular formula is C19H25N3O2. The van der Waals surface area contributed by atoms with E-state index in [1.54, 1.807) is 4.68 Å². The van der Waals surface area contributed by atoms with E-state index in [0.717, 1.165) is 22.5 Å². The zero-order valence-corrected chi connectivity index (χ0v) is 14.6. The summed E-state index contributed by atoms with van der Waals surface area (Å²) in [6.45, 7) is 8.38. The molecule has 2 heterocycles. The van der Waals surface area contributed by atoms with E-state index in [1.807, 2.05) is 13.8 Å². The van der Waals surface area contributed by atoms with Gasteiger partial charge in [0.2, 0.25) is 0 Å². The maximum absolute atomic E-state index is 11.0. The van der Waals surface area contributed by atoms with Crippen LogP contribution in [0.2, 0.25) is 0 Å². The summed E-state index contributed by atoms with van der Waals surface area (Å²) in [6, 6.07) is 8.99. The van der Waals surface area contributed by atoms with Crippen molar-refractivity contribution >= 4 is 5.97 Å². The first-order chi connectivity index (χ1) is 11.5.